The molecule has 2 aromatic carbocycles. The molecule has 0 radical (unpaired) electrons. The molecule has 7 nitrogen and oxygen atoms in total. The molecule has 4 rings (SSSR count). The number of aliphatic hydroxyl groups is 1. The maximum Gasteiger partial charge on any atom is 0.256 e. The molecule has 2 aromatic rings. The Balaban J connectivity index is 1.51. The van der Waals surface area contributed by atoms with E-state index in [4.69, 9.17) is 0 Å². The molecular weight excluding hydrogens is 423 g/mol. The molecule has 2 saturated heterocycles. The zero-order chi connectivity index (χ0) is 23.5. The van der Waals surface area contributed by atoms with Crippen LogP contribution in [0.3, 0.4) is 0 Å². The Morgan fingerprint density at radius 1 is 1.03 bits per heavy atom. The molecular formula is C25H27FN4O3. The fraction of sp³-hybridized carbons (Fsp3) is 0.400. The second-order valence-corrected chi connectivity index (χ2v) is 8.59. The number of aliphatic hydroxyl groups excluding tert-OH is 1. The monoisotopic (exact) mass is 450 g/mol. The molecule has 2 fully saturated rings. The predicted octanol–water partition coefficient (Wildman–Crippen LogP) is 2.82. The zero-order valence-corrected chi connectivity index (χ0v) is 18.6. The average Bonchev–Trinajstić information content (AvgIpc) is 2.83. The number of hydrogen-bond donors (Lipinski definition) is 1. The Kier molecular flexibility index (Phi) is 6.61. The number of amides is 1. The minimum Gasteiger partial charge on any atom is -0.391 e. The lowest BCUT2D eigenvalue weighted by atomic mass is 10.0. The van der Waals surface area contributed by atoms with Crippen molar-refractivity contribution in [3.63, 3.8) is 0 Å². The average molecular weight is 451 g/mol. The summed E-state index contributed by atoms with van der Waals surface area (Å²) in [6, 6.07) is 11.7. The molecule has 2 heterocycles. The van der Waals surface area contributed by atoms with E-state index in [1.807, 2.05) is 9.80 Å². The highest BCUT2D eigenvalue weighted by Crippen LogP contribution is 2.28. The smallest absolute Gasteiger partial charge is 0.256 e. The number of piperazine rings is 1. The van der Waals surface area contributed by atoms with Gasteiger partial charge in [-0.15, -0.1) is 0 Å². The number of β-amino-alcohol motifs (C(OH)–C–C–N with tert-alkyl or cyclic N) is 1. The van der Waals surface area contributed by atoms with Gasteiger partial charge in [0.1, 0.15) is 5.82 Å². The molecule has 172 valence electrons. The molecule has 1 amide bonds. The fourth-order valence-corrected chi connectivity index (χ4v) is 4.53. The Bertz CT molecular complexity index is 1110. The Hall–Kier alpha value is -3.44. The van der Waals surface area contributed by atoms with Crippen molar-refractivity contribution in [3.8, 4) is 6.07 Å². The summed E-state index contributed by atoms with van der Waals surface area (Å²) in [5.74, 6) is -0.808. The Labute approximate surface area is 192 Å². The number of nitriles is 1. The molecule has 0 aliphatic carbocycles. The summed E-state index contributed by atoms with van der Waals surface area (Å²) in [7, 11) is 0. The van der Waals surface area contributed by atoms with Gasteiger partial charge in [0.15, 0.2) is 5.78 Å². The second kappa shape index (κ2) is 9.59. The predicted molar refractivity (Wildman–Crippen MR) is 123 cm³/mol. The summed E-state index contributed by atoms with van der Waals surface area (Å²) in [5, 5.41) is 19.4. The van der Waals surface area contributed by atoms with Crippen molar-refractivity contribution < 1.29 is 19.1 Å². The van der Waals surface area contributed by atoms with E-state index >= 15 is 0 Å². The molecule has 0 spiro atoms. The van der Waals surface area contributed by atoms with Crippen LogP contribution in [-0.4, -0.2) is 67.1 Å². The standard InChI is InChI=1S/C25H27FN4O3/c1-17(31)19-5-7-24(22(26)14-19)28-9-11-29(12-10-28)25(33)21-13-18(15-27)4-6-23(21)30-8-2-3-20(32)16-30/h4-7,13-14,20,32H,2-3,8-12,16H2,1H3. The van der Waals surface area contributed by atoms with Gasteiger partial charge in [-0.05, 0) is 56.2 Å². The van der Waals surface area contributed by atoms with Crippen molar-refractivity contribution in [1.29, 1.82) is 5.26 Å². The SMILES string of the molecule is CC(=O)c1ccc(N2CCN(C(=O)c3cc(C#N)ccc3N3CCCC(O)C3)CC2)c(F)c1. The number of hydrogen-bond acceptors (Lipinski definition) is 6. The molecule has 1 atom stereocenters. The normalized spacial score (nSPS) is 18.7. The van der Waals surface area contributed by atoms with Crippen LogP contribution in [0, 0.1) is 17.1 Å². The van der Waals surface area contributed by atoms with E-state index < -0.39 is 11.9 Å². The third-order valence-electron chi connectivity index (χ3n) is 6.36. The fourth-order valence-electron chi connectivity index (χ4n) is 4.53. The molecule has 0 bridgehead atoms. The van der Waals surface area contributed by atoms with Gasteiger partial charge >= 0.3 is 0 Å². The van der Waals surface area contributed by atoms with Gasteiger partial charge < -0.3 is 19.8 Å². The van der Waals surface area contributed by atoms with E-state index in [-0.39, 0.29) is 11.7 Å². The molecule has 0 saturated carbocycles. The molecule has 33 heavy (non-hydrogen) atoms. The molecule has 8 heteroatoms. The van der Waals surface area contributed by atoms with Gasteiger partial charge in [-0.25, -0.2) is 4.39 Å². The highest BCUT2D eigenvalue weighted by Gasteiger charge is 2.28. The van der Waals surface area contributed by atoms with E-state index in [0.717, 1.165) is 25.1 Å². The Morgan fingerprint density at radius 2 is 1.76 bits per heavy atom. The molecule has 2 aliphatic rings. The second-order valence-electron chi connectivity index (χ2n) is 8.59. The van der Waals surface area contributed by atoms with Crippen LogP contribution in [-0.2, 0) is 0 Å². The summed E-state index contributed by atoms with van der Waals surface area (Å²) in [6.07, 6.45) is 1.13. The molecule has 1 unspecified atom stereocenters. The van der Waals surface area contributed by atoms with E-state index in [2.05, 4.69) is 6.07 Å². The summed E-state index contributed by atoms with van der Waals surface area (Å²) in [5.41, 5.74) is 2.34. The number of halogens is 1. The molecule has 1 N–H and O–H groups in total. The van der Waals surface area contributed by atoms with Gasteiger partial charge in [-0.1, -0.05) is 0 Å². The van der Waals surface area contributed by atoms with Crippen LogP contribution in [0.1, 0.15) is 46.0 Å². The van der Waals surface area contributed by atoms with E-state index in [0.29, 0.717) is 55.1 Å². The van der Waals surface area contributed by atoms with Gasteiger partial charge in [0.25, 0.3) is 5.91 Å². The topological polar surface area (TPSA) is 87.9 Å². The van der Waals surface area contributed by atoms with E-state index in [1.165, 1.54) is 13.0 Å². The van der Waals surface area contributed by atoms with Crippen molar-refractivity contribution in [3.05, 3.63) is 58.9 Å². The first kappa shape index (κ1) is 22.7. The van der Waals surface area contributed by atoms with Gasteiger partial charge in [0, 0.05) is 50.5 Å². The van der Waals surface area contributed by atoms with Crippen molar-refractivity contribution in [2.24, 2.45) is 0 Å². The lowest BCUT2D eigenvalue weighted by molar-refractivity contribution is 0.0746. The first-order chi connectivity index (χ1) is 15.9. The first-order valence-electron chi connectivity index (χ1n) is 11.2. The maximum absolute atomic E-state index is 14.6. The quantitative estimate of drug-likeness (QED) is 0.721. The number of benzene rings is 2. The number of carbonyl (C=O) groups excluding carboxylic acids is 2. The number of ketones is 1. The zero-order valence-electron chi connectivity index (χ0n) is 18.6. The largest absolute Gasteiger partial charge is 0.391 e. The maximum atomic E-state index is 14.6. The van der Waals surface area contributed by atoms with Crippen molar-refractivity contribution >= 4 is 23.1 Å². The minimum absolute atomic E-state index is 0.172. The number of anilines is 2. The van der Waals surface area contributed by atoms with E-state index in [1.54, 1.807) is 35.2 Å². The van der Waals surface area contributed by atoms with Crippen LogP contribution in [0.5, 0.6) is 0 Å². The summed E-state index contributed by atoms with van der Waals surface area (Å²) in [4.78, 5) is 30.5. The minimum atomic E-state index is -0.449. The number of rotatable bonds is 4. The van der Waals surface area contributed by atoms with Gasteiger partial charge in [-0.3, -0.25) is 9.59 Å². The van der Waals surface area contributed by atoms with Crippen molar-refractivity contribution in [2.75, 3.05) is 49.1 Å². The summed E-state index contributed by atoms with van der Waals surface area (Å²) in [6.45, 7) is 4.33. The van der Waals surface area contributed by atoms with Crippen LogP contribution in [0.4, 0.5) is 15.8 Å². The number of piperidine rings is 1. The first-order valence-corrected chi connectivity index (χ1v) is 11.2. The molecule has 2 aliphatic heterocycles. The van der Waals surface area contributed by atoms with Crippen LogP contribution in [0.2, 0.25) is 0 Å². The highest BCUT2D eigenvalue weighted by atomic mass is 19.1. The van der Waals surface area contributed by atoms with Gasteiger partial charge in [0.05, 0.1) is 29.0 Å². The van der Waals surface area contributed by atoms with Crippen LogP contribution in [0.25, 0.3) is 0 Å². The third kappa shape index (κ3) is 4.83. The van der Waals surface area contributed by atoms with Crippen LogP contribution < -0.4 is 9.80 Å². The van der Waals surface area contributed by atoms with E-state index in [9.17, 15) is 24.3 Å². The summed E-state index contributed by atoms with van der Waals surface area (Å²) >= 11 is 0. The van der Waals surface area contributed by atoms with Crippen molar-refractivity contribution in [2.45, 2.75) is 25.9 Å². The van der Waals surface area contributed by atoms with Crippen LogP contribution in [0.15, 0.2) is 36.4 Å². The highest BCUT2D eigenvalue weighted by molar-refractivity contribution is 6.00. The summed E-state index contributed by atoms with van der Waals surface area (Å²) < 4.78 is 14.6. The number of Topliss-reactive ketones (excluding diaryl/α,β-unsaturated/α-hetero) is 1. The van der Waals surface area contributed by atoms with Crippen molar-refractivity contribution in [1.82, 2.24) is 4.90 Å². The molecule has 0 aromatic heterocycles. The van der Waals surface area contributed by atoms with Crippen LogP contribution >= 0.6 is 0 Å². The lowest BCUT2D eigenvalue weighted by Crippen LogP contribution is -2.49. The Morgan fingerprint density at radius 3 is 2.39 bits per heavy atom. The number of nitrogens with zero attached hydrogens (tertiary/aromatic N) is 4. The van der Waals surface area contributed by atoms with Gasteiger partial charge in [-0.2, -0.15) is 5.26 Å². The lowest BCUT2D eigenvalue weighted by Gasteiger charge is -2.38. The third-order valence-corrected chi connectivity index (χ3v) is 6.36. The number of carbonyl (C=O) groups is 2. The van der Waals surface area contributed by atoms with Gasteiger partial charge in [0.2, 0.25) is 0 Å².